The van der Waals surface area contributed by atoms with E-state index in [0.29, 0.717) is 0 Å². The first-order valence-corrected chi connectivity index (χ1v) is 8.09. The van der Waals surface area contributed by atoms with E-state index in [0.717, 1.165) is 12.0 Å². The Labute approximate surface area is 119 Å². The van der Waals surface area contributed by atoms with Crippen LogP contribution in [0.4, 0.5) is 0 Å². The zero-order valence-electron chi connectivity index (χ0n) is 11.9. The van der Waals surface area contributed by atoms with Crippen molar-refractivity contribution in [3.05, 3.63) is 29.8 Å². The molecule has 1 aromatic carbocycles. The van der Waals surface area contributed by atoms with E-state index < -0.39 is 10.0 Å². The number of carbonyl (C=O) groups excluding carboxylic acids is 1. The first-order chi connectivity index (χ1) is 9.11. The number of hydrogen-bond acceptors (Lipinski definition) is 3. The molecular weight excluding hydrogens is 276 g/mol. The summed E-state index contributed by atoms with van der Waals surface area (Å²) in [7, 11) is -3.72. The Kier molecular flexibility index (Phi) is 3.64. The Bertz CT molecular complexity index is 638. The van der Waals surface area contributed by atoms with Crippen LogP contribution < -0.4 is 10.5 Å². The van der Waals surface area contributed by atoms with Crippen molar-refractivity contribution < 1.29 is 13.2 Å². The Hall–Kier alpha value is -1.40. The predicted molar refractivity (Wildman–Crippen MR) is 76.3 cm³/mol. The minimum Gasteiger partial charge on any atom is -0.349 e. The number of hydrogen-bond donors (Lipinski definition) is 2. The van der Waals surface area contributed by atoms with E-state index in [2.05, 4.69) is 19.2 Å². The van der Waals surface area contributed by atoms with Crippen LogP contribution in [0.25, 0.3) is 0 Å². The summed E-state index contributed by atoms with van der Waals surface area (Å²) >= 11 is 0. The third kappa shape index (κ3) is 3.19. The molecule has 0 bridgehead atoms. The van der Waals surface area contributed by atoms with E-state index in [-0.39, 0.29) is 28.2 Å². The monoisotopic (exact) mass is 296 g/mol. The van der Waals surface area contributed by atoms with Crippen LogP contribution >= 0.6 is 0 Å². The molecule has 1 aliphatic carbocycles. The molecule has 0 radical (unpaired) electrons. The van der Waals surface area contributed by atoms with Crippen LogP contribution in [0.5, 0.6) is 0 Å². The normalized spacial score (nSPS) is 22.1. The van der Waals surface area contributed by atoms with Crippen molar-refractivity contribution in [1.29, 1.82) is 0 Å². The maximum atomic E-state index is 12.0. The van der Waals surface area contributed by atoms with Gasteiger partial charge in [-0.05, 0) is 36.5 Å². The molecule has 1 amide bonds. The van der Waals surface area contributed by atoms with E-state index in [4.69, 9.17) is 5.14 Å². The highest BCUT2D eigenvalue weighted by atomic mass is 32.2. The number of primary sulfonamides is 1. The van der Waals surface area contributed by atoms with Crippen LogP contribution in [0.1, 0.15) is 38.8 Å². The number of carbonyl (C=O) groups is 1. The minimum absolute atomic E-state index is 0.0171. The standard InChI is InChI=1S/C14H20N2O3S/c1-9(16-13(17)12-8-14(12,2)3)10-5-4-6-11(7-10)20(15,18)19/h4-7,9,12H,8H2,1-3H3,(H,16,17)(H2,15,18,19). The highest BCUT2D eigenvalue weighted by molar-refractivity contribution is 7.89. The van der Waals surface area contributed by atoms with Gasteiger partial charge in [-0.25, -0.2) is 13.6 Å². The summed E-state index contributed by atoms with van der Waals surface area (Å²) in [5.74, 6) is 0.0647. The van der Waals surface area contributed by atoms with Crippen LogP contribution in [-0.2, 0) is 14.8 Å². The van der Waals surface area contributed by atoms with Gasteiger partial charge in [0.25, 0.3) is 0 Å². The molecule has 1 fully saturated rings. The largest absolute Gasteiger partial charge is 0.349 e. The summed E-state index contributed by atoms with van der Waals surface area (Å²) in [6.07, 6.45) is 0.892. The first kappa shape index (κ1) is 15.0. The maximum absolute atomic E-state index is 12.0. The van der Waals surface area contributed by atoms with Crippen LogP contribution in [-0.4, -0.2) is 14.3 Å². The molecule has 0 aromatic heterocycles. The summed E-state index contributed by atoms with van der Waals surface area (Å²) in [4.78, 5) is 12.1. The number of amides is 1. The van der Waals surface area contributed by atoms with Crippen molar-refractivity contribution in [2.75, 3.05) is 0 Å². The van der Waals surface area contributed by atoms with Crippen LogP contribution in [0.2, 0.25) is 0 Å². The molecule has 3 N–H and O–H groups in total. The van der Waals surface area contributed by atoms with Gasteiger partial charge in [0.1, 0.15) is 0 Å². The number of rotatable bonds is 4. The van der Waals surface area contributed by atoms with Crippen molar-refractivity contribution in [3.63, 3.8) is 0 Å². The third-order valence-electron chi connectivity index (χ3n) is 3.88. The van der Waals surface area contributed by atoms with E-state index in [1.807, 2.05) is 6.92 Å². The summed E-state index contributed by atoms with van der Waals surface area (Å²) in [6.45, 7) is 5.95. The maximum Gasteiger partial charge on any atom is 0.238 e. The molecule has 0 spiro atoms. The van der Waals surface area contributed by atoms with E-state index in [9.17, 15) is 13.2 Å². The zero-order chi connectivity index (χ0) is 15.1. The highest BCUT2D eigenvalue weighted by Crippen LogP contribution is 2.51. The summed E-state index contributed by atoms with van der Waals surface area (Å²) in [5.41, 5.74) is 0.801. The predicted octanol–water partition coefficient (Wildman–Crippen LogP) is 1.56. The lowest BCUT2D eigenvalue weighted by Gasteiger charge is -2.15. The molecule has 0 heterocycles. The van der Waals surface area contributed by atoms with Crippen LogP contribution in [0.3, 0.4) is 0 Å². The second-order valence-corrected chi connectivity index (χ2v) is 7.65. The molecule has 0 saturated heterocycles. The van der Waals surface area contributed by atoms with Crippen molar-refractivity contribution in [1.82, 2.24) is 5.32 Å². The number of sulfonamides is 1. The van der Waals surface area contributed by atoms with Gasteiger partial charge >= 0.3 is 0 Å². The van der Waals surface area contributed by atoms with Crippen molar-refractivity contribution in [2.45, 2.75) is 38.1 Å². The van der Waals surface area contributed by atoms with Crippen LogP contribution in [0, 0.1) is 11.3 Å². The Morgan fingerprint density at radius 1 is 1.45 bits per heavy atom. The van der Waals surface area contributed by atoms with E-state index in [1.165, 1.54) is 12.1 Å². The fraction of sp³-hybridized carbons (Fsp3) is 0.500. The third-order valence-corrected chi connectivity index (χ3v) is 4.79. The minimum atomic E-state index is -3.72. The van der Waals surface area contributed by atoms with Gasteiger partial charge in [0.05, 0.1) is 10.9 Å². The van der Waals surface area contributed by atoms with Gasteiger partial charge in [-0.2, -0.15) is 0 Å². The van der Waals surface area contributed by atoms with Crippen molar-refractivity contribution in [3.8, 4) is 0 Å². The lowest BCUT2D eigenvalue weighted by atomic mass is 10.1. The second-order valence-electron chi connectivity index (χ2n) is 6.09. The number of benzene rings is 1. The topological polar surface area (TPSA) is 89.3 Å². The lowest BCUT2D eigenvalue weighted by molar-refractivity contribution is -0.123. The van der Waals surface area contributed by atoms with E-state index >= 15 is 0 Å². The average Bonchev–Trinajstić information content (AvgIpc) is 2.97. The van der Waals surface area contributed by atoms with Gasteiger partial charge in [-0.1, -0.05) is 26.0 Å². The summed E-state index contributed by atoms with van der Waals surface area (Å²) < 4.78 is 22.6. The Balaban J connectivity index is 2.10. The number of nitrogens with one attached hydrogen (secondary N) is 1. The number of nitrogens with two attached hydrogens (primary N) is 1. The summed E-state index contributed by atoms with van der Waals surface area (Å²) in [6, 6.07) is 6.09. The molecule has 6 heteroatoms. The Morgan fingerprint density at radius 3 is 2.55 bits per heavy atom. The van der Waals surface area contributed by atoms with Gasteiger partial charge in [0.2, 0.25) is 15.9 Å². The SMILES string of the molecule is CC(NC(=O)C1CC1(C)C)c1cccc(S(N)(=O)=O)c1. The molecule has 0 aliphatic heterocycles. The van der Waals surface area contributed by atoms with Gasteiger partial charge in [-0.15, -0.1) is 0 Å². The molecule has 5 nitrogen and oxygen atoms in total. The van der Waals surface area contributed by atoms with Crippen molar-refractivity contribution >= 4 is 15.9 Å². The fourth-order valence-electron chi connectivity index (χ4n) is 2.27. The summed E-state index contributed by atoms with van der Waals surface area (Å²) in [5, 5.41) is 8.02. The molecule has 1 aliphatic rings. The fourth-order valence-corrected chi connectivity index (χ4v) is 2.84. The van der Waals surface area contributed by atoms with Gasteiger partial charge in [0.15, 0.2) is 0 Å². The molecular formula is C14H20N2O3S. The smallest absolute Gasteiger partial charge is 0.238 e. The molecule has 1 saturated carbocycles. The molecule has 110 valence electrons. The first-order valence-electron chi connectivity index (χ1n) is 6.54. The van der Waals surface area contributed by atoms with Gasteiger partial charge < -0.3 is 5.32 Å². The zero-order valence-corrected chi connectivity index (χ0v) is 12.7. The van der Waals surface area contributed by atoms with Gasteiger partial charge in [0, 0.05) is 5.92 Å². The average molecular weight is 296 g/mol. The van der Waals surface area contributed by atoms with Crippen molar-refractivity contribution in [2.24, 2.45) is 16.5 Å². The highest BCUT2D eigenvalue weighted by Gasteiger charge is 2.50. The molecule has 20 heavy (non-hydrogen) atoms. The van der Waals surface area contributed by atoms with Crippen LogP contribution in [0.15, 0.2) is 29.2 Å². The van der Waals surface area contributed by atoms with Gasteiger partial charge in [-0.3, -0.25) is 4.79 Å². The lowest BCUT2D eigenvalue weighted by Crippen LogP contribution is -2.29. The quantitative estimate of drug-likeness (QED) is 0.883. The Morgan fingerprint density at radius 2 is 2.05 bits per heavy atom. The molecule has 2 rings (SSSR count). The molecule has 2 unspecified atom stereocenters. The second kappa shape index (κ2) is 4.86. The van der Waals surface area contributed by atoms with E-state index in [1.54, 1.807) is 12.1 Å². The molecule has 2 atom stereocenters. The molecule has 1 aromatic rings.